The molecule has 25 heavy (non-hydrogen) atoms. The maximum Gasteiger partial charge on any atom is 0.224 e. The molecule has 4 nitrogen and oxygen atoms in total. The first-order valence-corrected chi connectivity index (χ1v) is 8.81. The third-order valence-corrected chi connectivity index (χ3v) is 4.08. The van der Waals surface area contributed by atoms with Gasteiger partial charge < -0.3 is 10.6 Å². The number of rotatable bonds is 8. The molecule has 3 aromatic rings. The lowest BCUT2D eigenvalue weighted by atomic mass is 10.1. The van der Waals surface area contributed by atoms with Crippen LogP contribution in [0.1, 0.15) is 24.5 Å². The fourth-order valence-corrected chi connectivity index (χ4v) is 2.74. The van der Waals surface area contributed by atoms with E-state index >= 15 is 0 Å². The van der Waals surface area contributed by atoms with E-state index < -0.39 is 0 Å². The van der Waals surface area contributed by atoms with Crippen LogP contribution in [0.3, 0.4) is 0 Å². The van der Waals surface area contributed by atoms with Gasteiger partial charge in [0, 0.05) is 18.4 Å². The van der Waals surface area contributed by atoms with Crippen LogP contribution >= 0.6 is 0 Å². The van der Waals surface area contributed by atoms with Crippen molar-refractivity contribution in [3.05, 3.63) is 78.0 Å². The first kappa shape index (κ1) is 17.0. The number of benzene rings is 2. The Morgan fingerprint density at radius 3 is 2.56 bits per heavy atom. The highest BCUT2D eigenvalue weighted by Gasteiger charge is 2.03. The van der Waals surface area contributed by atoms with Crippen molar-refractivity contribution in [2.45, 2.75) is 26.2 Å². The monoisotopic (exact) mass is 332 g/mol. The van der Waals surface area contributed by atoms with Crippen molar-refractivity contribution in [3.63, 3.8) is 0 Å². The predicted octanol–water partition coefficient (Wildman–Crippen LogP) is 4.83. The Morgan fingerprint density at radius 2 is 1.72 bits per heavy atom. The smallest absolute Gasteiger partial charge is 0.224 e. The summed E-state index contributed by atoms with van der Waals surface area (Å²) in [5.41, 5.74) is 3.73. The molecule has 0 amide bonds. The molecule has 0 radical (unpaired) electrons. The number of nitrogens with one attached hydrogen (secondary N) is 2. The van der Waals surface area contributed by atoms with Gasteiger partial charge in [-0.2, -0.15) is 4.98 Å². The molecule has 2 N–H and O–H groups in total. The number of hydrogen-bond donors (Lipinski definition) is 2. The quantitative estimate of drug-likeness (QED) is 0.580. The lowest BCUT2D eigenvalue weighted by Gasteiger charge is -2.11. The summed E-state index contributed by atoms with van der Waals surface area (Å²) in [5.74, 6) is 1.47. The Balaban J connectivity index is 1.54. The number of anilines is 3. The minimum Gasteiger partial charge on any atom is -0.354 e. The van der Waals surface area contributed by atoms with E-state index in [0.29, 0.717) is 5.95 Å². The van der Waals surface area contributed by atoms with E-state index in [-0.39, 0.29) is 0 Å². The summed E-state index contributed by atoms with van der Waals surface area (Å²) >= 11 is 0. The zero-order valence-corrected chi connectivity index (χ0v) is 14.6. The van der Waals surface area contributed by atoms with Crippen LogP contribution in [-0.2, 0) is 12.8 Å². The number of nitrogens with zero attached hydrogens (tertiary/aromatic N) is 2. The highest BCUT2D eigenvalue weighted by atomic mass is 15.1. The highest BCUT2D eigenvalue weighted by Crippen LogP contribution is 2.20. The van der Waals surface area contributed by atoms with Gasteiger partial charge in [-0.15, -0.1) is 0 Å². The Bertz CT molecular complexity index is 787. The molecule has 0 fully saturated rings. The fraction of sp³-hybridized carbons (Fsp3) is 0.238. The average Bonchev–Trinajstić information content (AvgIpc) is 2.67. The SMILES string of the molecule is CCc1ccccc1Nc1ccnc(NCCCc2ccccc2)n1. The second kappa shape index (κ2) is 8.83. The van der Waals surface area contributed by atoms with Crippen LogP contribution in [0, 0.1) is 0 Å². The first-order chi connectivity index (χ1) is 12.3. The summed E-state index contributed by atoms with van der Waals surface area (Å²) in [4.78, 5) is 8.86. The molecule has 4 heteroatoms. The lowest BCUT2D eigenvalue weighted by molar-refractivity contribution is 0.853. The van der Waals surface area contributed by atoms with Crippen LogP contribution in [-0.4, -0.2) is 16.5 Å². The van der Waals surface area contributed by atoms with E-state index in [0.717, 1.165) is 37.3 Å². The van der Waals surface area contributed by atoms with Gasteiger partial charge in [0.25, 0.3) is 0 Å². The van der Waals surface area contributed by atoms with Gasteiger partial charge in [0.1, 0.15) is 5.82 Å². The molecular weight excluding hydrogens is 308 g/mol. The van der Waals surface area contributed by atoms with Crippen LogP contribution < -0.4 is 10.6 Å². The molecule has 1 heterocycles. The van der Waals surface area contributed by atoms with Gasteiger partial charge in [0.2, 0.25) is 5.95 Å². The van der Waals surface area contributed by atoms with Gasteiger partial charge >= 0.3 is 0 Å². The van der Waals surface area contributed by atoms with E-state index in [2.05, 4.69) is 70.0 Å². The molecule has 2 aromatic carbocycles. The molecule has 128 valence electrons. The molecule has 0 saturated heterocycles. The normalized spacial score (nSPS) is 10.4. The molecule has 0 unspecified atom stereocenters. The molecule has 0 aliphatic heterocycles. The van der Waals surface area contributed by atoms with E-state index in [1.165, 1.54) is 11.1 Å². The van der Waals surface area contributed by atoms with Crippen molar-refractivity contribution in [1.82, 2.24) is 9.97 Å². The minimum absolute atomic E-state index is 0.659. The summed E-state index contributed by atoms with van der Waals surface area (Å²) in [5, 5.41) is 6.70. The second-order valence-electron chi connectivity index (χ2n) is 5.92. The topological polar surface area (TPSA) is 49.8 Å². The summed E-state index contributed by atoms with van der Waals surface area (Å²) in [7, 11) is 0. The van der Waals surface area contributed by atoms with Crippen molar-refractivity contribution in [1.29, 1.82) is 0 Å². The Kier molecular flexibility index (Phi) is 5.99. The van der Waals surface area contributed by atoms with Gasteiger partial charge in [0.05, 0.1) is 0 Å². The molecule has 0 aliphatic carbocycles. The first-order valence-electron chi connectivity index (χ1n) is 8.81. The third-order valence-electron chi connectivity index (χ3n) is 4.08. The summed E-state index contributed by atoms with van der Waals surface area (Å²) in [6, 6.07) is 20.7. The second-order valence-corrected chi connectivity index (χ2v) is 5.92. The maximum absolute atomic E-state index is 4.55. The Hall–Kier alpha value is -2.88. The van der Waals surface area contributed by atoms with E-state index in [4.69, 9.17) is 0 Å². The molecule has 0 saturated carbocycles. The molecule has 0 aliphatic rings. The Labute approximate surface area is 149 Å². The zero-order valence-electron chi connectivity index (χ0n) is 14.6. The molecule has 1 aromatic heterocycles. The van der Waals surface area contributed by atoms with Crippen molar-refractivity contribution in [2.75, 3.05) is 17.2 Å². The largest absolute Gasteiger partial charge is 0.354 e. The number of hydrogen-bond acceptors (Lipinski definition) is 4. The summed E-state index contributed by atoms with van der Waals surface area (Å²) in [6.07, 6.45) is 4.86. The maximum atomic E-state index is 4.55. The van der Waals surface area contributed by atoms with Gasteiger partial charge in [0.15, 0.2) is 0 Å². The number of aromatic nitrogens is 2. The van der Waals surface area contributed by atoms with Gasteiger partial charge in [-0.25, -0.2) is 4.98 Å². The number of aryl methyl sites for hydroxylation is 2. The van der Waals surface area contributed by atoms with Crippen LogP contribution in [0.25, 0.3) is 0 Å². The van der Waals surface area contributed by atoms with Crippen LogP contribution in [0.2, 0.25) is 0 Å². The van der Waals surface area contributed by atoms with Crippen molar-refractivity contribution < 1.29 is 0 Å². The number of para-hydroxylation sites is 1. The molecular formula is C21H24N4. The van der Waals surface area contributed by atoms with Crippen LogP contribution in [0.4, 0.5) is 17.5 Å². The van der Waals surface area contributed by atoms with Gasteiger partial charge in [-0.3, -0.25) is 0 Å². The van der Waals surface area contributed by atoms with E-state index in [9.17, 15) is 0 Å². The lowest BCUT2D eigenvalue weighted by Crippen LogP contribution is -2.07. The average molecular weight is 332 g/mol. The Morgan fingerprint density at radius 1 is 0.920 bits per heavy atom. The van der Waals surface area contributed by atoms with Crippen LogP contribution in [0.5, 0.6) is 0 Å². The summed E-state index contributed by atoms with van der Waals surface area (Å²) in [6.45, 7) is 3.00. The van der Waals surface area contributed by atoms with Crippen molar-refractivity contribution in [2.24, 2.45) is 0 Å². The molecule has 0 atom stereocenters. The third kappa shape index (κ3) is 5.05. The highest BCUT2D eigenvalue weighted by molar-refractivity contribution is 5.61. The minimum atomic E-state index is 0.659. The van der Waals surface area contributed by atoms with Gasteiger partial charge in [-0.05, 0) is 42.5 Å². The van der Waals surface area contributed by atoms with Crippen molar-refractivity contribution in [3.8, 4) is 0 Å². The summed E-state index contributed by atoms with van der Waals surface area (Å²) < 4.78 is 0. The molecule has 3 rings (SSSR count). The van der Waals surface area contributed by atoms with Crippen molar-refractivity contribution >= 4 is 17.5 Å². The predicted molar refractivity (Wildman–Crippen MR) is 104 cm³/mol. The van der Waals surface area contributed by atoms with E-state index in [1.807, 2.05) is 18.2 Å². The molecule has 0 bridgehead atoms. The van der Waals surface area contributed by atoms with Gasteiger partial charge in [-0.1, -0.05) is 55.5 Å². The molecule has 0 spiro atoms. The zero-order chi connectivity index (χ0) is 17.3. The standard InChI is InChI=1S/C21H24N4/c1-2-18-12-6-7-13-19(18)24-20-14-16-23-21(25-20)22-15-8-11-17-9-4-3-5-10-17/h3-7,9-10,12-14,16H,2,8,11,15H2,1H3,(H2,22,23,24,25). The van der Waals surface area contributed by atoms with Crippen LogP contribution in [0.15, 0.2) is 66.9 Å². The van der Waals surface area contributed by atoms with E-state index in [1.54, 1.807) is 6.20 Å². The fourth-order valence-electron chi connectivity index (χ4n) is 2.74.